The van der Waals surface area contributed by atoms with Gasteiger partial charge in [0.05, 0.1) is 21.3 Å². The van der Waals surface area contributed by atoms with Crippen LogP contribution in [0.4, 0.5) is 0 Å². The van der Waals surface area contributed by atoms with Crippen LogP contribution >= 0.6 is 0 Å². The first-order valence-electron chi connectivity index (χ1n) is 7.18. The van der Waals surface area contributed by atoms with E-state index in [1.54, 1.807) is 26.4 Å². The molecule has 0 spiro atoms. The second-order valence-corrected chi connectivity index (χ2v) is 5.29. The van der Waals surface area contributed by atoms with Crippen molar-refractivity contribution in [3.63, 3.8) is 0 Å². The van der Waals surface area contributed by atoms with E-state index in [-0.39, 0.29) is 12.2 Å². The van der Waals surface area contributed by atoms with E-state index >= 15 is 0 Å². The molecule has 1 aromatic carbocycles. The molecule has 0 saturated heterocycles. The molecule has 1 aliphatic carbocycles. The summed E-state index contributed by atoms with van der Waals surface area (Å²) in [5, 5.41) is 0. The Balaban J connectivity index is 2.82. The fourth-order valence-electron chi connectivity index (χ4n) is 2.77. The lowest BCUT2D eigenvalue weighted by Gasteiger charge is -2.15. The van der Waals surface area contributed by atoms with Crippen LogP contribution in [0.25, 0.3) is 11.6 Å². The molecule has 122 valence electrons. The molecule has 23 heavy (non-hydrogen) atoms. The Morgan fingerprint density at radius 1 is 1.09 bits per heavy atom. The monoisotopic (exact) mass is 316 g/mol. The summed E-state index contributed by atoms with van der Waals surface area (Å²) in [5.41, 5.74) is 3.34. The zero-order valence-corrected chi connectivity index (χ0v) is 14.0. The largest absolute Gasteiger partial charge is 0.497 e. The topological polar surface area (TPSA) is 61.8 Å². The van der Waals surface area contributed by atoms with E-state index in [9.17, 15) is 9.59 Å². The average Bonchev–Trinajstić information content (AvgIpc) is 2.70. The van der Waals surface area contributed by atoms with E-state index < -0.39 is 5.97 Å². The van der Waals surface area contributed by atoms with Crippen LogP contribution in [0.15, 0.2) is 23.3 Å². The van der Waals surface area contributed by atoms with Crippen LogP contribution in [0.5, 0.6) is 11.5 Å². The summed E-state index contributed by atoms with van der Waals surface area (Å²) in [6.07, 6.45) is 1.96. The van der Waals surface area contributed by atoms with E-state index in [0.717, 1.165) is 16.7 Å². The number of carbonyl (C=O) groups excluding carboxylic acids is 2. The number of Topliss-reactive ketones (excluding diaryl/α,β-unsaturated/α-hetero) is 1. The summed E-state index contributed by atoms with van der Waals surface area (Å²) >= 11 is 0. The summed E-state index contributed by atoms with van der Waals surface area (Å²) < 4.78 is 15.6. The molecule has 0 saturated carbocycles. The Morgan fingerprint density at radius 3 is 2.30 bits per heavy atom. The highest BCUT2D eigenvalue weighted by Gasteiger charge is 2.25. The molecule has 0 atom stereocenters. The Hall–Kier alpha value is -2.56. The average molecular weight is 316 g/mol. The molecule has 0 fully saturated rings. The van der Waals surface area contributed by atoms with Crippen molar-refractivity contribution >= 4 is 23.4 Å². The number of methoxy groups -OCH3 is 3. The first-order valence-corrected chi connectivity index (χ1v) is 7.18. The summed E-state index contributed by atoms with van der Waals surface area (Å²) in [5.74, 6) is 0.673. The van der Waals surface area contributed by atoms with Crippen LogP contribution in [-0.4, -0.2) is 33.1 Å². The van der Waals surface area contributed by atoms with Crippen LogP contribution in [0.2, 0.25) is 0 Å². The Labute approximate surface area is 135 Å². The van der Waals surface area contributed by atoms with E-state index in [1.165, 1.54) is 14.0 Å². The minimum absolute atomic E-state index is 0.0805. The van der Waals surface area contributed by atoms with Gasteiger partial charge < -0.3 is 14.2 Å². The van der Waals surface area contributed by atoms with Crippen LogP contribution < -0.4 is 9.47 Å². The molecule has 0 radical (unpaired) electrons. The van der Waals surface area contributed by atoms with Gasteiger partial charge in [0.15, 0.2) is 5.78 Å². The Kier molecular flexibility index (Phi) is 4.89. The molecule has 5 heteroatoms. The maximum absolute atomic E-state index is 12.0. The zero-order valence-electron chi connectivity index (χ0n) is 14.0. The molecule has 5 nitrogen and oxygen atoms in total. The highest BCUT2D eigenvalue weighted by molar-refractivity contribution is 6.07. The zero-order chi connectivity index (χ0) is 17.1. The van der Waals surface area contributed by atoms with Gasteiger partial charge in [-0.2, -0.15) is 0 Å². The number of fused-ring (bicyclic) bond motifs is 1. The van der Waals surface area contributed by atoms with Crippen LogP contribution in [0.3, 0.4) is 0 Å². The number of hydrogen-bond acceptors (Lipinski definition) is 5. The smallest absolute Gasteiger partial charge is 0.334 e. The van der Waals surface area contributed by atoms with Crippen molar-refractivity contribution in [3.05, 3.63) is 34.4 Å². The molecule has 1 aliphatic rings. The summed E-state index contributed by atoms with van der Waals surface area (Å²) in [4.78, 5) is 24.1. The van der Waals surface area contributed by atoms with Gasteiger partial charge in [-0.1, -0.05) is 0 Å². The van der Waals surface area contributed by atoms with Crippen LogP contribution in [0, 0.1) is 0 Å². The number of hydrogen-bond donors (Lipinski definition) is 0. The molecule has 0 amide bonds. The van der Waals surface area contributed by atoms with Gasteiger partial charge in [0.2, 0.25) is 0 Å². The normalized spacial score (nSPS) is 13.7. The van der Waals surface area contributed by atoms with Gasteiger partial charge in [0, 0.05) is 29.2 Å². The van der Waals surface area contributed by atoms with Crippen molar-refractivity contribution < 1.29 is 23.8 Å². The fraction of sp³-hybridized carbons (Fsp3) is 0.333. The highest BCUT2D eigenvalue weighted by Crippen LogP contribution is 2.40. The minimum Gasteiger partial charge on any atom is -0.497 e. The number of benzene rings is 1. The number of ether oxygens (including phenoxy) is 3. The maximum atomic E-state index is 12.0. The summed E-state index contributed by atoms with van der Waals surface area (Å²) in [6, 6.07) is 3.57. The summed E-state index contributed by atoms with van der Waals surface area (Å²) in [7, 11) is 4.45. The molecule has 0 unspecified atom stereocenters. The number of ketones is 1. The SMILES string of the molecule is COC(=O)C1=Cc2cc(OC)cc(OC)c2C(C)=C(C(C)=O)C1. The number of rotatable bonds is 4. The fourth-order valence-corrected chi connectivity index (χ4v) is 2.77. The third-order valence-corrected chi connectivity index (χ3v) is 3.96. The van der Waals surface area contributed by atoms with E-state index in [4.69, 9.17) is 14.2 Å². The lowest BCUT2D eigenvalue weighted by molar-refractivity contribution is -0.136. The molecular weight excluding hydrogens is 296 g/mol. The number of allylic oxidation sites excluding steroid dienone is 2. The van der Waals surface area contributed by atoms with Gasteiger partial charge in [-0.15, -0.1) is 0 Å². The van der Waals surface area contributed by atoms with Gasteiger partial charge >= 0.3 is 5.97 Å². The number of carbonyl (C=O) groups is 2. The lowest BCUT2D eigenvalue weighted by atomic mass is 9.94. The van der Waals surface area contributed by atoms with Crippen LogP contribution in [0.1, 0.15) is 31.4 Å². The predicted molar refractivity (Wildman–Crippen MR) is 87.4 cm³/mol. The van der Waals surface area contributed by atoms with Gasteiger partial charge in [0.25, 0.3) is 0 Å². The van der Waals surface area contributed by atoms with Crippen molar-refractivity contribution in [3.8, 4) is 11.5 Å². The first kappa shape index (κ1) is 16.8. The van der Waals surface area contributed by atoms with Crippen LogP contribution in [-0.2, 0) is 14.3 Å². The highest BCUT2D eigenvalue weighted by atomic mass is 16.5. The summed E-state index contributed by atoms with van der Waals surface area (Å²) in [6.45, 7) is 3.35. The van der Waals surface area contributed by atoms with Crippen molar-refractivity contribution in [2.45, 2.75) is 20.3 Å². The predicted octanol–water partition coefficient (Wildman–Crippen LogP) is 3.03. The second kappa shape index (κ2) is 6.69. The standard InChI is InChI=1S/C18H20O5/c1-10-15(11(2)19)8-13(18(20)23-5)6-12-7-14(21-3)9-16(22-4)17(10)12/h6-7,9H,8H2,1-5H3. The maximum Gasteiger partial charge on any atom is 0.334 e. The molecule has 2 rings (SSSR count). The molecule has 1 aromatic rings. The quantitative estimate of drug-likeness (QED) is 0.799. The van der Waals surface area contributed by atoms with Gasteiger partial charge in [0.1, 0.15) is 11.5 Å². The Bertz CT molecular complexity index is 725. The third kappa shape index (κ3) is 3.13. The molecule has 0 N–H and O–H groups in total. The minimum atomic E-state index is -0.453. The van der Waals surface area contributed by atoms with Gasteiger partial charge in [-0.3, -0.25) is 4.79 Å². The Morgan fingerprint density at radius 2 is 1.78 bits per heavy atom. The van der Waals surface area contributed by atoms with Crippen molar-refractivity contribution in [1.82, 2.24) is 0 Å². The van der Waals surface area contributed by atoms with E-state index in [0.29, 0.717) is 22.6 Å². The lowest BCUT2D eigenvalue weighted by Crippen LogP contribution is -2.08. The molecule has 0 heterocycles. The molecule has 0 aliphatic heterocycles. The van der Waals surface area contributed by atoms with Gasteiger partial charge in [-0.25, -0.2) is 4.79 Å². The van der Waals surface area contributed by atoms with Crippen molar-refractivity contribution in [2.75, 3.05) is 21.3 Å². The molecule has 0 aromatic heterocycles. The molecule has 0 bridgehead atoms. The first-order chi connectivity index (χ1) is 10.9. The second-order valence-electron chi connectivity index (χ2n) is 5.29. The molecular formula is C18H20O5. The third-order valence-electron chi connectivity index (χ3n) is 3.96. The van der Waals surface area contributed by atoms with Crippen molar-refractivity contribution in [2.24, 2.45) is 0 Å². The van der Waals surface area contributed by atoms with Gasteiger partial charge in [-0.05, 0) is 37.1 Å². The van der Waals surface area contributed by atoms with Crippen molar-refractivity contribution in [1.29, 1.82) is 0 Å². The van der Waals surface area contributed by atoms with E-state index in [2.05, 4.69) is 0 Å². The number of esters is 1. The van der Waals surface area contributed by atoms with E-state index in [1.807, 2.05) is 13.0 Å².